The molecule has 0 saturated carbocycles. The number of para-hydroxylation sites is 2. The maximum absolute atomic E-state index is 13.2. The van der Waals surface area contributed by atoms with E-state index >= 15 is 0 Å². The number of thioether (sulfide) groups is 1. The minimum Gasteiger partial charge on any atom is -0.326 e. The van der Waals surface area contributed by atoms with Crippen molar-refractivity contribution in [2.24, 2.45) is 4.99 Å². The van der Waals surface area contributed by atoms with Crippen LogP contribution in [-0.4, -0.2) is 33.7 Å². The summed E-state index contributed by atoms with van der Waals surface area (Å²) in [7, 11) is 0. The molecule has 1 atom stereocenters. The average molecular weight is 430 g/mol. The van der Waals surface area contributed by atoms with Gasteiger partial charge in [-0.2, -0.15) is 0 Å². The largest absolute Gasteiger partial charge is 0.326 e. The summed E-state index contributed by atoms with van der Waals surface area (Å²) in [5, 5.41) is 3.02. The van der Waals surface area contributed by atoms with E-state index in [9.17, 15) is 9.59 Å². The SMILES string of the molecule is O=C(C[C@@H]1SC(=Nc2ccccc2)N(CCc2ccccc2)C1=O)Nc1ccccc1. The Balaban J connectivity index is 1.49. The second-order valence-corrected chi connectivity index (χ2v) is 8.35. The fourth-order valence-electron chi connectivity index (χ4n) is 3.33. The van der Waals surface area contributed by atoms with Crippen molar-refractivity contribution in [3.05, 3.63) is 96.6 Å². The van der Waals surface area contributed by atoms with Crippen molar-refractivity contribution in [3.63, 3.8) is 0 Å². The van der Waals surface area contributed by atoms with E-state index in [1.807, 2.05) is 91.0 Å². The van der Waals surface area contributed by atoms with Crippen LogP contribution in [0, 0.1) is 0 Å². The standard InChI is InChI=1S/C25H23N3O2S/c29-23(26-20-12-6-2-7-13-20)18-22-24(30)28(17-16-19-10-4-1-5-11-19)25(31-22)27-21-14-8-3-9-15-21/h1-15,22H,16-18H2,(H,26,29)/t22-/m0/s1. The second-order valence-electron chi connectivity index (χ2n) is 7.18. The topological polar surface area (TPSA) is 61.8 Å². The third-order valence-electron chi connectivity index (χ3n) is 4.90. The fraction of sp³-hybridized carbons (Fsp3) is 0.160. The molecular formula is C25H23N3O2S. The maximum Gasteiger partial charge on any atom is 0.242 e. The van der Waals surface area contributed by atoms with E-state index in [-0.39, 0.29) is 18.2 Å². The van der Waals surface area contributed by atoms with E-state index in [4.69, 9.17) is 4.99 Å². The number of nitrogens with one attached hydrogen (secondary N) is 1. The van der Waals surface area contributed by atoms with Gasteiger partial charge in [-0.15, -0.1) is 0 Å². The van der Waals surface area contributed by atoms with Gasteiger partial charge in [0, 0.05) is 18.7 Å². The van der Waals surface area contributed by atoms with Gasteiger partial charge in [0.15, 0.2) is 5.17 Å². The number of benzene rings is 3. The molecule has 4 rings (SSSR count). The van der Waals surface area contributed by atoms with Crippen molar-refractivity contribution in [2.45, 2.75) is 18.1 Å². The summed E-state index contributed by atoms with van der Waals surface area (Å²) >= 11 is 1.36. The van der Waals surface area contributed by atoms with Crippen LogP contribution in [0.4, 0.5) is 11.4 Å². The van der Waals surface area contributed by atoms with Crippen molar-refractivity contribution in [2.75, 3.05) is 11.9 Å². The van der Waals surface area contributed by atoms with Crippen LogP contribution in [0.1, 0.15) is 12.0 Å². The fourth-order valence-corrected chi connectivity index (χ4v) is 4.52. The van der Waals surface area contributed by atoms with Crippen LogP contribution in [0.5, 0.6) is 0 Å². The first kappa shape index (κ1) is 20.9. The van der Waals surface area contributed by atoms with Gasteiger partial charge in [0.25, 0.3) is 0 Å². The lowest BCUT2D eigenvalue weighted by Crippen LogP contribution is -2.35. The number of hydrogen-bond acceptors (Lipinski definition) is 4. The van der Waals surface area contributed by atoms with Crippen LogP contribution < -0.4 is 5.32 Å². The lowest BCUT2D eigenvalue weighted by Gasteiger charge is -2.16. The molecule has 2 amide bonds. The molecular weight excluding hydrogens is 406 g/mol. The first-order valence-electron chi connectivity index (χ1n) is 10.2. The Morgan fingerprint density at radius 1 is 0.903 bits per heavy atom. The van der Waals surface area contributed by atoms with Crippen LogP contribution >= 0.6 is 11.8 Å². The third kappa shape index (κ3) is 5.61. The van der Waals surface area contributed by atoms with Gasteiger partial charge in [-0.1, -0.05) is 78.5 Å². The van der Waals surface area contributed by atoms with Gasteiger partial charge in [-0.3, -0.25) is 14.5 Å². The highest BCUT2D eigenvalue weighted by atomic mass is 32.2. The van der Waals surface area contributed by atoms with Gasteiger partial charge in [-0.25, -0.2) is 4.99 Å². The Bertz CT molecular complexity index is 1060. The Morgan fingerprint density at radius 2 is 1.52 bits per heavy atom. The molecule has 6 heteroatoms. The molecule has 31 heavy (non-hydrogen) atoms. The van der Waals surface area contributed by atoms with Crippen LogP contribution in [0.3, 0.4) is 0 Å². The lowest BCUT2D eigenvalue weighted by atomic mass is 10.1. The molecule has 0 spiro atoms. The van der Waals surface area contributed by atoms with E-state index < -0.39 is 5.25 Å². The van der Waals surface area contributed by atoms with Gasteiger partial charge in [-0.05, 0) is 36.2 Å². The molecule has 1 heterocycles. The molecule has 1 aliphatic heterocycles. The van der Waals surface area contributed by atoms with Crippen LogP contribution in [0.25, 0.3) is 0 Å². The van der Waals surface area contributed by atoms with Crippen LogP contribution in [0.15, 0.2) is 96.0 Å². The predicted octanol–water partition coefficient (Wildman–Crippen LogP) is 4.89. The lowest BCUT2D eigenvalue weighted by molar-refractivity contribution is -0.128. The Kier molecular flexibility index (Phi) is 6.79. The minimum absolute atomic E-state index is 0.0705. The molecule has 3 aromatic rings. The molecule has 1 fully saturated rings. The Hall–Kier alpha value is -3.38. The van der Waals surface area contributed by atoms with E-state index in [1.54, 1.807) is 4.90 Å². The smallest absolute Gasteiger partial charge is 0.242 e. The monoisotopic (exact) mass is 429 g/mol. The van der Waals surface area contributed by atoms with Crippen LogP contribution in [0.2, 0.25) is 0 Å². The number of hydrogen-bond donors (Lipinski definition) is 1. The first-order valence-corrected chi connectivity index (χ1v) is 11.1. The highest BCUT2D eigenvalue weighted by Gasteiger charge is 2.38. The number of nitrogens with zero attached hydrogens (tertiary/aromatic N) is 2. The summed E-state index contributed by atoms with van der Waals surface area (Å²) in [5.74, 6) is -0.250. The first-order chi connectivity index (χ1) is 15.2. The van der Waals surface area contributed by atoms with E-state index in [1.165, 1.54) is 11.8 Å². The van der Waals surface area contributed by atoms with Crippen molar-refractivity contribution < 1.29 is 9.59 Å². The number of amidine groups is 1. The van der Waals surface area contributed by atoms with Gasteiger partial charge in [0.1, 0.15) is 5.25 Å². The van der Waals surface area contributed by atoms with Crippen molar-refractivity contribution in [1.82, 2.24) is 4.90 Å². The van der Waals surface area contributed by atoms with Gasteiger partial charge < -0.3 is 5.32 Å². The minimum atomic E-state index is -0.484. The van der Waals surface area contributed by atoms with E-state index in [0.717, 1.165) is 23.4 Å². The number of amides is 2. The van der Waals surface area contributed by atoms with Gasteiger partial charge >= 0.3 is 0 Å². The quantitative estimate of drug-likeness (QED) is 0.582. The zero-order valence-corrected chi connectivity index (χ0v) is 17.8. The summed E-state index contributed by atoms with van der Waals surface area (Å²) in [6.45, 7) is 0.526. The highest BCUT2D eigenvalue weighted by molar-refractivity contribution is 8.15. The maximum atomic E-state index is 13.2. The van der Waals surface area contributed by atoms with Gasteiger partial charge in [0.05, 0.1) is 5.69 Å². The van der Waals surface area contributed by atoms with Crippen LogP contribution in [-0.2, 0) is 16.0 Å². The molecule has 1 aliphatic rings. The number of aliphatic imine (C=N–C) groups is 1. The predicted molar refractivity (Wildman–Crippen MR) is 126 cm³/mol. The number of rotatable bonds is 7. The molecule has 0 aromatic heterocycles. The summed E-state index contributed by atoms with van der Waals surface area (Å²) < 4.78 is 0. The summed E-state index contributed by atoms with van der Waals surface area (Å²) in [6, 6.07) is 28.9. The second kappa shape index (κ2) is 10.1. The van der Waals surface area contributed by atoms with Crippen molar-refractivity contribution >= 4 is 40.1 Å². The molecule has 0 radical (unpaired) electrons. The Labute approximate surface area is 186 Å². The summed E-state index contributed by atoms with van der Waals surface area (Å²) in [6.07, 6.45) is 0.831. The number of carbonyl (C=O) groups is 2. The zero-order chi connectivity index (χ0) is 21.5. The average Bonchev–Trinajstić information content (AvgIpc) is 3.08. The van der Waals surface area contributed by atoms with Gasteiger partial charge in [0.2, 0.25) is 11.8 Å². The van der Waals surface area contributed by atoms with E-state index in [0.29, 0.717) is 11.7 Å². The zero-order valence-electron chi connectivity index (χ0n) is 17.0. The number of anilines is 1. The Morgan fingerprint density at radius 3 is 2.19 bits per heavy atom. The molecule has 3 aromatic carbocycles. The van der Waals surface area contributed by atoms with E-state index in [2.05, 4.69) is 5.32 Å². The highest BCUT2D eigenvalue weighted by Crippen LogP contribution is 2.32. The molecule has 0 unspecified atom stereocenters. The molecule has 5 nitrogen and oxygen atoms in total. The normalized spacial score (nSPS) is 17.2. The van der Waals surface area contributed by atoms with Crippen molar-refractivity contribution in [1.29, 1.82) is 0 Å². The number of carbonyl (C=O) groups excluding carboxylic acids is 2. The molecule has 0 bridgehead atoms. The molecule has 1 saturated heterocycles. The third-order valence-corrected chi connectivity index (χ3v) is 6.07. The van der Waals surface area contributed by atoms with Crippen molar-refractivity contribution in [3.8, 4) is 0 Å². The molecule has 0 aliphatic carbocycles. The molecule has 1 N–H and O–H groups in total. The summed E-state index contributed by atoms with van der Waals surface area (Å²) in [4.78, 5) is 32.1. The molecule has 156 valence electrons. The summed E-state index contributed by atoms with van der Waals surface area (Å²) in [5.41, 5.74) is 2.67.